The van der Waals surface area contributed by atoms with Gasteiger partial charge in [-0.25, -0.2) is 4.98 Å². The average molecular weight is 274 g/mol. The standard InChI is InChI=1S/C15H18N2O3/c1-3-20-15-12(7-5-9-16-15)17-10-11-6-4-8-13(19-2)14(11)18/h4-9,17-18H,3,10H2,1-2H3. The molecular formula is C15H18N2O3. The van der Waals surface area contributed by atoms with Crippen LogP contribution in [-0.2, 0) is 6.54 Å². The van der Waals surface area contributed by atoms with Crippen LogP contribution < -0.4 is 14.8 Å². The van der Waals surface area contributed by atoms with Crippen LogP contribution >= 0.6 is 0 Å². The van der Waals surface area contributed by atoms with Crippen LogP contribution in [0.2, 0.25) is 0 Å². The van der Waals surface area contributed by atoms with E-state index in [9.17, 15) is 5.11 Å². The zero-order valence-electron chi connectivity index (χ0n) is 11.6. The summed E-state index contributed by atoms with van der Waals surface area (Å²) in [6.45, 7) is 2.91. The molecule has 2 N–H and O–H groups in total. The lowest BCUT2D eigenvalue weighted by molar-refractivity contribution is 0.328. The van der Waals surface area contributed by atoms with Crippen molar-refractivity contribution in [1.82, 2.24) is 4.98 Å². The van der Waals surface area contributed by atoms with E-state index in [1.807, 2.05) is 31.2 Å². The quantitative estimate of drug-likeness (QED) is 0.848. The second kappa shape index (κ2) is 6.65. The lowest BCUT2D eigenvalue weighted by Crippen LogP contribution is -2.04. The summed E-state index contributed by atoms with van der Waals surface area (Å²) in [6, 6.07) is 9.10. The third-order valence-corrected chi connectivity index (χ3v) is 2.82. The van der Waals surface area contributed by atoms with Gasteiger partial charge in [-0.2, -0.15) is 0 Å². The summed E-state index contributed by atoms with van der Waals surface area (Å²) in [5, 5.41) is 13.2. The number of phenols is 1. The third kappa shape index (κ3) is 3.12. The predicted octanol–water partition coefficient (Wildman–Crippen LogP) is 2.81. The molecule has 0 aliphatic carbocycles. The molecule has 5 nitrogen and oxygen atoms in total. The Bertz CT molecular complexity index is 573. The number of para-hydroxylation sites is 1. The average Bonchev–Trinajstić information content (AvgIpc) is 2.48. The normalized spacial score (nSPS) is 10.1. The van der Waals surface area contributed by atoms with E-state index < -0.39 is 0 Å². The predicted molar refractivity (Wildman–Crippen MR) is 77.4 cm³/mol. The van der Waals surface area contributed by atoms with E-state index in [4.69, 9.17) is 9.47 Å². The van der Waals surface area contributed by atoms with Gasteiger partial charge in [0.1, 0.15) is 0 Å². The zero-order valence-corrected chi connectivity index (χ0v) is 11.6. The maximum Gasteiger partial charge on any atom is 0.237 e. The molecule has 106 valence electrons. The van der Waals surface area contributed by atoms with Gasteiger partial charge >= 0.3 is 0 Å². The van der Waals surface area contributed by atoms with E-state index in [0.717, 1.165) is 11.3 Å². The summed E-state index contributed by atoms with van der Waals surface area (Å²) in [6.07, 6.45) is 1.68. The number of aromatic nitrogens is 1. The Morgan fingerprint density at radius 2 is 2.10 bits per heavy atom. The van der Waals surface area contributed by atoms with E-state index in [-0.39, 0.29) is 5.75 Å². The molecule has 0 radical (unpaired) electrons. The van der Waals surface area contributed by atoms with Crippen LogP contribution in [0.3, 0.4) is 0 Å². The topological polar surface area (TPSA) is 63.6 Å². The smallest absolute Gasteiger partial charge is 0.237 e. The summed E-state index contributed by atoms with van der Waals surface area (Å²) < 4.78 is 10.5. The number of hydrogen-bond donors (Lipinski definition) is 2. The summed E-state index contributed by atoms with van der Waals surface area (Å²) in [4.78, 5) is 4.16. The Morgan fingerprint density at radius 3 is 2.85 bits per heavy atom. The van der Waals surface area contributed by atoms with Crippen molar-refractivity contribution in [2.45, 2.75) is 13.5 Å². The van der Waals surface area contributed by atoms with Crippen molar-refractivity contribution in [1.29, 1.82) is 0 Å². The zero-order chi connectivity index (χ0) is 14.4. The van der Waals surface area contributed by atoms with Crippen LogP contribution in [0.25, 0.3) is 0 Å². The molecule has 5 heteroatoms. The fourth-order valence-corrected chi connectivity index (χ4v) is 1.84. The van der Waals surface area contributed by atoms with Crippen LogP contribution in [0, 0.1) is 0 Å². The minimum Gasteiger partial charge on any atom is -0.504 e. The first-order chi connectivity index (χ1) is 9.76. The van der Waals surface area contributed by atoms with Gasteiger partial charge in [-0.1, -0.05) is 12.1 Å². The first-order valence-electron chi connectivity index (χ1n) is 6.42. The van der Waals surface area contributed by atoms with Gasteiger partial charge in [0.15, 0.2) is 11.5 Å². The number of aromatic hydroxyl groups is 1. The number of rotatable bonds is 6. The molecule has 1 aromatic heterocycles. The Balaban J connectivity index is 2.13. The van der Waals surface area contributed by atoms with Crippen LogP contribution in [-0.4, -0.2) is 23.8 Å². The molecule has 0 fully saturated rings. The second-order valence-electron chi connectivity index (χ2n) is 4.11. The molecule has 20 heavy (non-hydrogen) atoms. The Labute approximate surface area is 118 Å². The number of nitrogens with one attached hydrogen (secondary N) is 1. The number of nitrogens with zero attached hydrogens (tertiary/aromatic N) is 1. The van der Waals surface area contributed by atoms with Gasteiger partial charge in [-0.3, -0.25) is 0 Å². The summed E-state index contributed by atoms with van der Waals surface area (Å²) in [7, 11) is 1.53. The number of anilines is 1. The third-order valence-electron chi connectivity index (χ3n) is 2.82. The number of hydrogen-bond acceptors (Lipinski definition) is 5. The van der Waals surface area contributed by atoms with Crippen molar-refractivity contribution >= 4 is 5.69 Å². The highest BCUT2D eigenvalue weighted by Gasteiger charge is 2.08. The first kappa shape index (κ1) is 14.0. The Morgan fingerprint density at radius 1 is 1.25 bits per heavy atom. The molecule has 0 saturated carbocycles. The summed E-state index contributed by atoms with van der Waals surface area (Å²) >= 11 is 0. The van der Waals surface area contributed by atoms with Crippen molar-refractivity contribution in [3.05, 3.63) is 42.1 Å². The van der Waals surface area contributed by atoms with E-state index in [2.05, 4.69) is 10.3 Å². The number of ether oxygens (including phenoxy) is 2. The van der Waals surface area contributed by atoms with Gasteiger partial charge in [-0.05, 0) is 25.1 Å². The molecule has 0 aliphatic rings. The fraction of sp³-hybridized carbons (Fsp3) is 0.267. The summed E-state index contributed by atoms with van der Waals surface area (Å²) in [5.74, 6) is 1.15. The van der Waals surface area contributed by atoms with Gasteiger partial charge < -0.3 is 19.9 Å². The van der Waals surface area contributed by atoms with Crippen molar-refractivity contribution in [3.8, 4) is 17.4 Å². The highest BCUT2D eigenvalue weighted by atomic mass is 16.5. The number of phenolic OH excluding ortho intramolecular Hbond substituents is 1. The second-order valence-corrected chi connectivity index (χ2v) is 4.11. The molecule has 1 aromatic carbocycles. The molecule has 0 spiro atoms. The minimum absolute atomic E-state index is 0.143. The number of methoxy groups -OCH3 is 1. The molecule has 0 unspecified atom stereocenters. The van der Waals surface area contributed by atoms with Crippen molar-refractivity contribution in [3.63, 3.8) is 0 Å². The van der Waals surface area contributed by atoms with E-state index in [1.165, 1.54) is 7.11 Å². The highest BCUT2D eigenvalue weighted by molar-refractivity contribution is 5.54. The largest absolute Gasteiger partial charge is 0.504 e. The molecule has 0 saturated heterocycles. The minimum atomic E-state index is 0.143. The van der Waals surface area contributed by atoms with Crippen LogP contribution in [0.15, 0.2) is 36.5 Å². The molecule has 0 bridgehead atoms. The van der Waals surface area contributed by atoms with Crippen molar-refractivity contribution < 1.29 is 14.6 Å². The Hall–Kier alpha value is -2.43. The van der Waals surface area contributed by atoms with Crippen molar-refractivity contribution in [2.75, 3.05) is 19.0 Å². The maximum atomic E-state index is 10.0. The number of benzene rings is 1. The molecule has 1 heterocycles. The molecular weight excluding hydrogens is 256 g/mol. The lowest BCUT2D eigenvalue weighted by Gasteiger charge is -2.13. The molecule has 2 rings (SSSR count). The van der Waals surface area contributed by atoms with E-state index >= 15 is 0 Å². The maximum absolute atomic E-state index is 10.0. The van der Waals surface area contributed by atoms with Crippen LogP contribution in [0.4, 0.5) is 5.69 Å². The molecule has 2 aromatic rings. The molecule has 0 amide bonds. The van der Waals surface area contributed by atoms with E-state index in [0.29, 0.717) is 24.8 Å². The summed E-state index contributed by atoms with van der Waals surface area (Å²) in [5.41, 5.74) is 1.53. The SMILES string of the molecule is CCOc1ncccc1NCc1cccc(OC)c1O. The van der Waals surface area contributed by atoms with Gasteiger partial charge in [0.2, 0.25) is 5.88 Å². The monoisotopic (exact) mass is 274 g/mol. The van der Waals surface area contributed by atoms with Gasteiger partial charge in [-0.15, -0.1) is 0 Å². The number of pyridine rings is 1. The van der Waals surface area contributed by atoms with Crippen molar-refractivity contribution in [2.24, 2.45) is 0 Å². The lowest BCUT2D eigenvalue weighted by atomic mass is 10.2. The first-order valence-corrected chi connectivity index (χ1v) is 6.42. The molecule has 0 atom stereocenters. The van der Waals surface area contributed by atoms with Crippen LogP contribution in [0.1, 0.15) is 12.5 Å². The van der Waals surface area contributed by atoms with E-state index in [1.54, 1.807) is 12.3 Å². The van der Waals surface area contributed by atoms with Gasteiger partial charge in [0, 0.05) is 18.3 Å². The van der Waals surface area contributed by atoms with Crippen LogP contribution in [0.5, 0.6) is 17.4 Å². The molecule has 0 aliphatic heterocycles. The van der Waals surface area contributed by atoms with Gasteiger partial charge in [0.05, 0.1) is 19.4 Å². The van der Waals surface area contributed by atoms with Gasteiger partial charge in [0.25, 0.3) is 0 Å². The Kier molecular flexibility index (Phi) is 4.65. The fourth-order valence-electron chi connectivity index (χ4n) is 1.84. The highest BCUT2D eigenvalue weighted by Crippen LogP contribution is 2.30.